The minimum Gasteiger partial charge on any atom is -0.355 e. The molecule has 2 aliphatic carbocycles. The summed E-state index contributed by atoms with van der Waals surface area (Å²) in [5.74, 6) is 3.86. The molecule has 2 aromatic rings. The molecule has 1 aromatic heterocycles. The molecule has 2 bridgehead atoms. The Hall–Kier alpha value is -2.10. The number of rotatable bonds is 2. The zero-order chi connectivity index (χ0) is 15.4. The third kappa shape index (κ3) is 1.97. The molecule has 0 radical (unpaired) electrons. The highest BCUT2D eigenvalue weighted by Gasteiger charge is 2.52. The fourth-order valence-electron chi connectivity index (χ4n) is 5.21. The molecule has 0 N–H and O–H groups in total. The summed E-state index contributed by atoms with van der Waals surface area (Å²) in [5.41, 5.74) is 1.51. The molecule has 5 rings (SSSR count). The van der Waals surface area contributed by atoms with Gasteiger partial charge in [0, 0.05) is 18.7 Å². The number of fused-ring (bicyclic) bond motifs is 5. The summed E-state index contributed by atoms with van der Waals surface area (Å²) >= 11 is 0. The summed E-state index contributed by atoms with van der Waals surface area (Å²) in [6, 6.07) is 9.76. The van der Waals surface area contributed by atoms with Crippen molar-refractivity contribution in [3.05, 3.63) is 42.1 Å². The van der Waals surface area contributed by atoms with Gasteiger partial charge in [0.2, 0.25) is 0 Å². The fourth-order valence-corrected chi connectivity index (χ4v) is 5.21. The van der Waals surface area contributed by atoms with Gasteiger partial charge in [0.15, 0.2) is 5.76 Å². The number of amides is 1. The minimum atomic E-state index is 0.0823. The van der Waals surface area contributed by atoms with E-state index in [2.05, 4.69) is 5.16 Å². The van der Waals surface area contributed by atoms with Crippen LogP contribution < -0.4 is 0 Å². The van der Waals surface area contributed by atoms with Crippen LogP contribution in [0.15, 0.2) is 41.1 Å². The van der Waals surface area contributed by atoms with Gasteiger partial charge in [0.1, 0.15) is 5.56 Å². The molecule has 2 saturated carbocycles. The van der Waals surface area contributed by atoms with E-state index in [0.29, 0.717) is 11.3 Å². The van der Waals surface area contributed by atoms with Crippen molar-refractivity contribution in [3.8, 4) is 11.3 Å². The van der Waals surface area contributed by atoms with Crippen molar-refractivity contribution in [2.45, 2.75) is 19.3 Å². The maximum atomic E-state index is 13.0. The second kappa shape index (κ2) is 4.95. The van der Waals surface area contributed by atoms with E-state index in [1.165, 1.54) is 19.3 Å². The van der Waals surface area contributed by atoms with Gasteiger partial charge in [-0.25, -0.2) is 0 Å². The highest BCUT2D eigenvalue weighted by Crippen LogP contribution is 2.55. The van der Waals surface area contributed by atoms with Gasteiger partial charge in [-0.05, 0) is 42.9 Å². The SMILES string of the molecule is O=C(c1cnoc1-c1ccccc1)N1C[C@@H]2[C@@H]3CC[C@@H](C3)[C@@H]2C1. The van der Waals surface area contributed by atoms with Crippen molar-refractivity contribution in [1.82, 2.24) is 10.1 Å². The molecule has 4 nitrogen and oxygen atoms in total. The molecule has 1 aliphatic heterocycles. The van der Waals surface area contributed by atoms with E-state index < -0.39 is 0 Å². The highest BCUT2D eigenvalue weighted by molar-refractivity contribution is 5.99. The first-order valence-electron chi connectivity index (χ1n) is 8.60. The average molecular weight is 308 g/mol. The normalized spacial score (nSPS) is 31.6. The highest BCUT2D eigenvalue weighted by atomic mass is 16.5. The largest absolute Gasteiger partial charge is 0.355 e. The molecular formula is C19H20N2O2. The van der Waals surface area contributed by atoms with Gasteiger partial charge in [0.25, 0.3) is 5.91 Å². The summed E-state index contributed by atoms with van der Waals surface area (Å²) in [5, 5.41) is 3.88. The molecule has 0 spiro atoms. The Kier molecular flexibility index (Phi) is 2.87. The lowest BCUT2D eigenvalue weighted by molar-refractivity contribution is 0.0776. The molecule has 118 valence electrons. The fraction of sp³-hybridized carbons (Fsp3) is 0.474. The topological polar surface area (TPSA) is 46.3 Å². The lowest BCUT2D eigenvalue weighted by Crippen LogP contribution is -2.30. The van der Waals surface area contributed by atoms with E-state index >= 15 is 0 Å². The zero-order valence-corrected chi connectivity index (χ0v) is 13.0. The Labute approximate surface area is 135 Å². The van der Waals surface area contributed by atoms with E-state index in [1.807, 2.05) is 35.2 Å². The third-order valence-corrected chi connectivity index (χ3v) is 6.26. The second-order valence-corrected chi connectivity index (χ2v) is 7.31. The van der Waals surface area contributed by atoms with Crippen molar-refractivity contribution in [2.24, 2.45) is 23.7 Å². The maximum Gasteiger partial charge on any atom is 0.259 e. The van der Waals surface area contributed by atoms with Crippen LogP contribution in [0.4, 0.5) is 0 Å². The third-order valence-electron chi connectivity index (χ3n) is 6.26. The van der Waals surface area contributed by atoms with Crippen LogP contribution in [0, 0.1) is 23.7 Å². The number of carbonyl (C=O) groups is 1. The van der Waals surface area contributed by atoms with Crippen LogP contribution in [0.3, 0.4) is 0 Å². The number of hydrogen-bond acceptors (Lipinski definition) is 3. The Morgan fingerprint density at radius 3 is 2.48 bits per heavy atom. The Bertz CT molecular complexity index is 721. The Balaban J connectivity index is 1.41. The first kappa shape index (κ1) is 13.3. The number of hydrogen-bond donors (Lipinski definition) is 0. The van der Waals surface area contributed by atoms with Gasteiger partial charge < -0.3 is 9.42 Å². The van der Waals surface area contributed by atoms with Crippen molar-refractivity contribution >= 4 is 5.91 Å². The Morgan fingerprint density at radius 2 is 1.78 bits per heavy atom. The van der Waals surface area contributed by atoms with Crippen LogP contribution in [0.5, 0.6) is 0 Å². The quantitative estimate of drug-likeness (QED) is 0.853. The van der Waals surface area contributed by atoms with E-state index in [4.69, 9.17) is 4.52 Å². The molecule has 1 aromatic carbocycles. The van der Waals surface area contributed by atoms with Gasteiger partial charge in [-0.3, -0.25) is 4.79 Å². The summed E-state index contributed by atoms with van der Waals surface area (Å²) in [7, 11) is 0. The van der Waals surface area contributed by atoms with Gasteiger partial charge in [-0.15, -0.1) is 0 Å². The Morgan fingerprint density at radius 1 is 1.09 bits per heavy atom. The molecule has 1 amide bonds. The van der Waals surface area contributed by atoms with Gasteiger partial charge in [0.05, 0.1) is 6.20 Å². The summed E-state index contributed by atoms with van der Waals surface area (Å²) in [4.78, 5) is 15.0. The van der Waals surface area contributed by atoms with Crippen molar-refractivity contribution in [1.29, 1.82) is 0 Å². The summed E-state index contributed by atoms with van der Waals surface area (Å²) in [6.45, 7) is 1.84. The number of nitrogens with zero attached hydrogens (tertiary/aromatic N) is 2. The molecular weight excluding hydrogens is 288 g/mol. The summed E-state index contributed by atoms with van der Waals surface area (Å²) in [6.07, 6.45) is 5.72. The minimum absolute atomic E-state index is 0.0823. The number of likely N-dealkylation sites (tertiary alicyclic amines) is 1. The first-order valence-corrected chi connectivity index (χ1v) is 8.60. The van der Waals surface area contributed by atoms with Crippen molar-refractivity contribution < 1.29 is 9.32 Å². The van der Waals surface area contributed by atoms with Crippen LogP contribution in [-0.2, 0) is 0 Å². The van der Waals surface area contributed by atoms with Crippen LogP contribution in [-0.4, -0.2) is 29.1 Å². The monoisotopic (exact) mass is 308 g/mol. The lowest BCUT2D eigenvalue weighted by Gasteiger charge is -2.22. The molecule has 3 fully saturated rings. The van der Waals surface area contributed by atoms with Crippen molar-refractivity contribution in [3.63, 3.8) is 0 Å². The van der Waals surface area contributed by atoms with E-state index in [0.717, 1.165) is 42.3 Å². The summed E-state index contributed by atoms with van der Waals surface area (Å²) < 4.78 is 5.38. The first-order chi connectivity index (χ1) is 11.3. The molecule has 4 heteroatoms. The molecule has 3 aliphatic rings. The second-order valence-electron chi connectivity index (χ2n) is 7.31. The molecule has 1 saturated heterocycles. The molecule has 23 heavy (non-hydrogen) atoms. The van der Waals surface area contributed by atoms with E-state index in [1.54, 1.807) is 6.20 Å². The molecule has 2 heterocycles. The average Bonchev–Trinajstić information content (AvgIpc) is 3.35. The maximum absolute atomic E-state index is 13.0. The van der Waals surface area contributed by atoms with E-state index in [9.17, 15) is 4.79 Å². The zero-order valence-electron chi connectivity index (χ0n) is 13.0. The predicted octanol–water partition coefficient (Wildman–Crippen LogP) is 3.46. The number of aromatic nitrogens is 1. The van der Waals surface area contributed by atoms with Crippen LogP contribution >= 0.6 is 0 Å². The number of carbonyl (C=O) groups excluding carboxylic acids is 1. The van der Waals surface area contributed by atoms with Gasteiger partial charge in [-0.1, -0.05) is 35.5 Å². The smallest absolute Gasteiger partial charge is 0.259 e. The predicted molar refractivity (Wildman–Crippen MR) is 85.7 cm³/mol. The van der Waals surface area contributed by atoms with Crippen LogP contribution in [0.1, 0.15) is 29.6 Å². The van der Waals surface area contributed by atoms with Crippen LogP contribution in [0.25, 0.3) is 11.3 Å². The van der Waals surface area contributed by atoms with Crippen LogP contribution in [0.2, 0.25) is 0 Å². The van der Waals surface area contributed by atoms with Gasteiger partial charge in [-0.2, -0.15) is 0 Å². The standard InChI is InChI=1S/C19H20N2O2/c22-19(15-9-20-23-18(15)12-4-2-1-3-5-12)21-10-16-13-6-7-14(8-13)17(16)11-21/h1-5,9,13-14,16-17H,6-8,10-11H2/t13-,14+,16-,17+. The molecule has 4 atom stereocenters. The van der Waals surface area contributed by atoms with Crippen molar-refractivity contribution in [2.75, 3.05) is 13.1 Å². The number of benzene rings is 1. The lowest BCUT2D eigenvalue weighted by atomic mass is 9.82. The van der Waals surface area contributed by atoms with Gasteiger partial charge >= 0.3 is 0 Å². The van der Waals surface area contributed by atoms with E-state index in [-0.39, 0.29) is 5.91 Å². The molecule has 0 unspecified atom stereocenters.